The van der Waals surface area contributed by atoms with Gasteiger partial charge in [-0.25, -0.2) is 4.79 Å². The highest BCUT2D eigenvalue weighted by Gasteiger charge is 2.24. The molecule has 236 valence electrons. The fraction of sp³-hybridized carbons (Fsp3) is 0.529. The third kappa shape index (κ3) is 15.4. The van der Waals surface area contributed by atoms with Crippen LogP contribution in [0.2, 0.25) is 0 Å². The van der Waals surface area contributed by atoms with E-state index < -0.39 is 12.1 Å². The molecule has 0 aliphatic carbocycles. The summed E-state index contributed by atoms with van der Waals surface area (Å²) in [4.78, 5) is 50.4. The molecule has 0 saturated heterocycles. The number of unbranched alkanes of at least 4 members (excludes halogenated alkanes) is 1. The summed E-state index contributed by atoms with van der Waals surface area (Å²) in [7, 11) is 0. The molecule has 0 aromatic heterocycles. The minimum atomic E-state index is -0.773. The van der Waals surface area contributed by atoms with Crippen molar-refractivity contribution in [2.45, 2.75) is 109 Å². The summed E-state index contributed by atoms with van der Waals surface area (Å²) in [5.74, 6) is -0.588. The van der Waals surface area contributed by atoms with E-state index in [9.17, 15) is 19.2 Å². The topological polar surface area (TPSA) is 142 Å². The first kappa shape index (κ1) is 35.5. The maximum Gasteiger partial charge on any atom is 0.315 e. The fourth-order valence-electron chi connectivity index (χ4n) is 4.89. The van der Waals surface area contributed by atoms with Gasteiger partial charge in [-0.05, 0) is 69.9 Å². The Bertz CT molecular complexity index is 1110. The van der Waals surface area contributed by atoms with E-state index in [0.29, 0.717) is 25.8 Å². The highest BCUT2D eigenvalue weighted by Crippen LogP contribution is 2.10. The normalized spacial score (nSPS) is 13.7. The first-order chi connectivity index (χ1) is 20.7. The maximum absolute atomic E-state index is 13.2. The van der Waals surface area contributed by atoms with Crippen molar-refractivity contribution >= 4 is 23.6 Å². The second kappa shape index (κ2) is 20.2. The number of nitrogens with two attached hydrogens (primary N) is 1. The first-order valence-corrected chi connectivity index (χ1v) is 15.7. The molecule has 2 aromatic carbocycles. The smallest absolute Gasteiger partial charge is 0.315 e. The van der Waals surface area contributed by atoms with Crippen LogP contribution in [-0.4, -0.2) is 54.3 Å². The van der Waals surface area contributed by atoms with Crippen LogP contribution in [0.1, 0.15) is 83.3 Å². The van der Waals surface area contributed by atoms with Gasteiger partial charge in [0, 0.05) is 31.5 Å². The standard InChI is InChI=1S/C34H51N5O4/c1-4-14-25(2)37-34(43)38-26(3)15-11-12-22-36-32(41)21-13-20-31(40)30(24-28-18-9-6-10-19-28)39-33(42)29(35)23-27-16-7-5-8-17-27/h5-10,16-19,25-26,29-30H,4,11-15,20-24,35H2,1-3H3,(H,36,41)(H,39,42)(H2,37,38,43). The molecule has 0 spiro atoms. The van der Waals surface area contributed by atoms with E-state index in [-0.39, 0.29) is 48.6 Å². The maximum atomic E-state index is 13.2. The minimum absolute atomic E-state index is 0.0488. The van der Waals surface area contributed by atoms with Crippen molar-refractivity contribution < 1.29 is 19.2 Å². The van der Waals surface area contributed by atoms with E-state index in [0.717, 1.165) is 43.2 Å². The largest absolute Gasteiger partial charge is 0.356 e. The number of carbonyl (C=O) groups excluding carboxylic acids is 4. The van der Waals surface area contributed by atoms with Crippen molar-refractivity contribution in [3.8, 4) is 0 Å². The number of rotatable bonds is 20. The van der Waals surface area contributed by atoms with Gasteiger partial charge in [-0.15, -0.1) is 0 Å². The van der Waals surface area contributed by atoms with Gasteiger partial charge in [0.05, 0.1) is 12.1 Å². The molecule has 2 rings (SSSR count). The fourth-order valence-corrected chi connectivity index (χ4v) is 4.89. The molecule has 0 radical (unpaired) electrons. The van der Waals surface area contributed by atoms with Crippen LogP contribution >= 0.6 is 0 Å². The van der Waals surface area contributed by atoms with Crippen LogP contribution in [0.4, 0.5) is 4.79 Å². The van der Waals surface area contributed by atoms with Gasteiger partial charge < -0.3 is 27.0 Å². The van der Waals surface area contributed by atoms with Crippen LogP contribution in [0.3, 0.4) is 0 Å². The number of hydrogen-bond donors (Lipinski definition) is 5. The van der Waals surface area contributed by atoms with E-state index in [4.69, 9.17) is 5.73 Å². The average molecular weight is 594 g/mol. The predicted octanol–water partition coefficient (Wildman–Crippen LogP) is 4.19. The number of Topliss-reactive ketones (excluding diaryl/α,β-unsaturated/α-hetero) is 1. The van der Waals surface area contributed by atoms with Gasteiger partial charge in [0.1, 0.15) is 0 Å². The van der Waals surface area contributed by atoms with E-state index in [1.54, 1.807) is 0 Å². The quantitative estimate of drug-likeness (QED) is 0.146. The molecule has 43 heavy (non-hydrogen) atoms. The Morgan fingerprint density at radius 3 is 1.91 bits per heavy atom. The van der Waals surface area contributed by atoms with Gasteiger partial charge in [0.2, 0.25) is 11.8 Å². The summed E-state index contributed by atoms with van der Waals surface area (Å²) in [6.45, 7) is 6.61. The summed E-state index contributed by atoms with van der Waals surface area (Å²) in [6, 6.07) is 17.6. The number of carbonyl (C=O) groups is 4. The summed E-state index contributed by atoms with van der Waals surface area (Å²) < 4.78 is 0. The lowest BCUT2D eigenvalue weighted by Crippen LogP contribution is -2.50. The average Bonchev–Trinajstić information content (AvgIpc) is 2.97. The van der Waals surface area contributed by atoms with Crippen LogP contribution in [0.15, 0.2) is 60.7 Å². The van der Waals surface area contributed by atoms with Crippen LogP contribution in [0, 0.1) is 0 Å². The summed E-state index contributed by atoms with van der Waals surface area (Å²) in [5, 5.41) is 11.7. The van der Waals surface area contributed by atoms with Gasteiger partial charge >= 0.3 is 6.03 Å². The van der Waals surface area contributed by atoms with Crippen LogP contribution in [0.5, 0.6) is 0 Å². The van der Waals surface area contributed by atoms with Gasteiger partial charge in [0.15, 0.2) is 5.78 Å². The van der Waals surface area contributed by atoms with Crippen molar-refractivity contribution in [3.05, 3.63) is 71.8 Å². The van der Waals surface area contributed by atoms with Crippen LogP contribution < -0.4 is 27.0 Å². The molecule has 9 nitrogen and oxygen atoms in total. The molecule has 0 saturated carbocycles. The van der Waals surface area contributed by atoms with E-state index in [1.165, 1.54) is 0 Å². The van der Waals surface area contributed by atoms with Gasteiger partial charge in [0.25, 0.3) is 0 Å². The van der Waals surface area contributed by atoms with Crippen LogP contribution in [0.25, 0.3) is 0 Å². The molecule has 4 amide bonds. The molecule has 2 aromatic rings. The second-order valence-corrected chi connectivity index (χ2v) is 11.4. The first-order valence-electron chi connectivity index (χ1n) is 15.7. The Morgan fingerprint density at radius 1 is 0.721 bits per heavy atom. The van der Waals surface area contributed by atoms with E-state index in [2.05, 4.69) is 28.2 Å². The lowest BCUT2D eigenvalue weighted by atomic mass is 9.98. The van der Waals surface area contributed by atoms with Crippen molar-refractivity contribution in [2.24, 2.45) is 5.73 Å². The Kier molecular flexibility index (Phi) is 16.7. The van der Waals surface area contributed by atoms with Gasteiger partial charge in [-0.1, -0.05) is 74.0 Å². The Balaban J connectivity index is 1.71. The number of benzene rings is 2. The minimum Gasteiger partial charge on any atom is -0.356 e. The number of ketones is 1. The molecular formula is C34H51N5O4. The zero-order valence-electron chi connectivity index (χ0n) is 26.1. The summed E-state index contributed by atoms with van der Waals surface area (Å²) >= 11 is 0. The SMILES string of the molecule is CCCC(C)NC(=O)NC(C)CCCCNC(=O)CCCC(=O)C(Cc1ccccc1)NC(=O)C(N)Cc1ccccc1. The highest BCUT2D eigenvalue weighted by atomic mass is 16.2. The summed E-state index contributed by atoms with van der Waals surface area (Å²) in [5.41, 5.74) is 8.05. The molecule has 0 aliphatic heterocycles. The monoisotopic (exact) mass is 593 g/mol. The Labute approximate surface area is 257 Å². The third-order valence-corrected chi connectivity index (χ3v) is 7.31. The van der Waals surface area contributed by atoms with Crippen LogP contribution in [-0.2, 0) is 27.2 Å². The highest BCUT2D eigenvalue weighted by molar-refractivity contribution is 5.91. The number of amides is 4. The van der Waals surface area contributed by atoms with Gasteiger partial charge in [-0.2, -0.15) is 0 Å². The van der Waals surface area contributed by atoms with Gasteiger partial charge in [-0.3, -0.25) is 14.4 Å². The zero-order valence-corrected chi connectivity index (χ0v) is 26.1. The molecule has 0 fully saturated rings. The lowest BCUT2D eigenvalue weighted by Gasteiger charge is -2.20. The number of hydrogen-bond acceptors (Lipinski definition) is 5. The predicted molar refractivity (Wildman–Crippen MR) is 171 cm³/mol. The van der Waals surface area contributed by atoms with E-state index >= 15 is 0 Å². The lowest BCUT2D eigenvalue weighted by molar-refractivity contribution is -0.128. The molecule has 0 heterocycles. The zero-order chi connectivity index (χ0) is 31.5. The van der Waals surface area contributed by atoms with Crippen molar-refractivity contribution in [1.82, 2.24) is 21.3 Å². The molecule has 4 unspecified atom stereocenters. The second-order valence-electron chi connectivity index (χ2n) is 11.4. The Morgan fingerprint density at radius 2 is 1.30 bits per heavy atom. The van der Waals surface area contributed by atoms with Crippen molar-refractivity contribution in [2.75, 3.05) is 6.54 Å². The summed E-state index contributed by atoms with van der Waals surface area (Å²) in [6.07, 6.45) is 6.03. The molecule has 4 atom stereocenters. The molecule has 0 bridgehead atoms. The van der Waals surface area contributed by atoms with E-state index in [1.807, 2.05) is 74.5 Å². The third-order valence-electron chi connectivity index (χ3n) is 7.31. The molecular weight excluding hydrogens is 542 g/mol. The molecule has 9 heteroatoms. The number of nitrogens with one attached hydrogen (secondary N) is 4. The van der Waals surface area contributed by atoms with Crippen molar-refractivity contribution in [1.29, 1.82) is 0 Å². The molecule has 0 aliphatic rings. The molecule has 6 N–H and O–H groups in total. The number of urea groups is 1. The Hall–Kier alpha value is -3.72. The van der Waals surface area contributed by atoms with Crippen molar-refractivity contribution in [3.63, 3.8) is 0 Å².